The molecule has 0 fully saturated rings. The molecule has 3 aromatic carbocycles. The van der Waals surface area contributed by atoms with Gasteiger partial charge < -0.3 is 10.3 Å². The zero-order valence-electron chi connectivity index (χ0n) is 17.9. The second-order valence-electron chi connectivity index (χ2n) is 7.91. The van der Waals surface area contributed by atoms with Crippen molar-refractivity contribution in [1.29, 1.82) is 0 Å². The Morgan fingerprint density at radius 3 is 2.72 bits per heavy atom. The minimum atomic E-state index is 0.0181. The van der Waals surface area contributed by atoms with Crippen LogP contribution in [0.2, 0.25) is 0 Å². The van der Waals surface area contributed by atoms with Crippen molar-refractivity contribution in [2.24, 2.45) is 0 Å². The van der Waals surface area contributed by atoms with E-state index in [0.717, 1.165) is 38.9 Å². The molecule has 5 aromatic rings. The van der Waals surface area contributed by atoms with Gasteiger partial charge in [0.25, 0.3) is 0 Å². The van der Waals surface area contributed by atoms with Crippen molar-refractivity contribution in [3.8, 4) is 0 Å². The van der Waals surface area contributed by atoms with Crippen LogP contribution < -0.4 is 5.32 Å². The van der Waals surface area contributed by atoms with Gasteiger partial charge in [0.2, 0.25) is 5.91 Å². The van der Waals surface area contributed by atoms with Gasteiger partial charge >= 0.3 is 0 Å². The average molecular weight is 441 g/mol. The molecule has 5 rings (SSSR count). The maximum absolute atomic E-state index is 12.5. The highest BCUT2D eigenvalue weighted by molar-refractivity contribution is 7.11. The highest BCUT2D eigenvalue weighted by Crippen LogP contribution is 2.25. The van der Waals surface area contributed by atoms with Gasteiger partial charge in [-0.25, -0.2) is 9.97 Å². The van der Waals surface area contributed by atoms with Crippen LogP contribution in [0.3, 0.4) is 0 Å². The molecule has 0 spiro atoms. The first-order valence-electron chi connectivity index (χ1n) is 10.8. The molecule has 0 aliphatic heterocycles. The Hall–Kier alpha value is -3.51. The van der Waals surface area contributed by atoms with Gasteiger partial charge in [-0.3, -0.25) is 4.79 Å². The third-order valence-electron chi connectivity index (χ3n) is 5.60. The number of benzene rings is 3. The molecule has 2 N–H and O–H groups in total. The van der Waals surface area contributed by atoms with Gasteiger partial charge in [0.1, 0.15) is 5.82 Å². The number of carbonyl (C=O) groups is 1. The number of para-hydroxylation sites is 2. The van der Waals surface area contributed by atoms with Crippen LogP contribution in [0.5, 0.6) is 0 Å². The summed E-state index contributed by atoms with van der Waals surface area (Å²) >= 11 is 1.63. The van der Waals surface area contributed by atoms with Gasteiger partial charge in [0, 0.05) is 24.3 Å². The second-order valence-corrected chi connectivity index (χ2v) is 9.08. The van der Waals surface area contributed by atoms with E-state index >= 15 is 0 Å². The molecule has 5 nitrogen and oxygen atoms in total. The Bertz CT molecular complexity index is 1360. The first kappa shape index (κ1) is 20.4. The molecule has 0 atom stereocenters. The smallest absolute Gasteiger partial charge is 0.225 e. The molecule has 0 unspecified atom stereocenters. The van der Waals surface area contributed by atoms with Crippen LogP contribution in [0.1, 0.15) is 27.0 Å². The molecular formula is C26H24N4OS. The third kappa shape index (κ3) is 4.41. The summed E-state index contributed by atoms with van der Waals surface area (Å²) in [5, 5.41) is 6.56. The first-order chi connectivity index (χ1) is 15.7. The Labute approximate surface area is 190 Å². The van der Waals surface area contributed by atoms with Gasteiger partial charge in [-0.2, -0.15) is 0 Å². The largest absolute Gasteiger partial charge is 0.355 e. The van der Waals surface area contributed by atoms with Crippen LogP contribution in [0, 0.1) is 6.92 Å². The molecule has 1 amide bonds. The molecule has 0 saturated heterocycles. The van der Waals surface area contributed by atoms with E-state index in [1.165, 1.54) is 16.3 Å². The normalized spacial score (nSPS) is 11.3. The summed E-state index contributed by atoms with van der Waals surface area (Å²) in [7, 11) is 0. The molecule has 0 bridgehead atoms. The summed E-state index contributed by atoms with van der Waals surface area (Å²) < 4.78 is 0. The first-order valence-corrected chi connectivity index (χ1v) is 11.6. The van der Waals surface area contributed by atoms with Crippen LogP contribution >= 0.6 is 11.3 Å². The van der Waals surface area contributed by atoms with E-state index in [1.54, 1.807) is 11.3 Å². The zero-order chi connectivity index (χ0) is 21.9. The SMILES string of the molecule is Cc1nc(Cc2cccc3ccccc23)sc1CC(=O)NCCc1nc2ccccc2[nH]1. The van der Waals surface area contributed by atoms with Gasteiger partial charge in [0.05, 0.1) is 28.2 Å². The lowest BCUT2D eigenvalue weighted by Gasteiger charge is -2.04. The third-order valence-corrected chi connectivity index (χ3v) is 6.76. The minimum Gasteiger partial charge on any atom is -0.355 e. The predicted octanol–water partition coefficient (Wildman–Crippen LogP) is 4.97. The Morgan fingerprint density at radius 2 is 1.81 bits per heavy atom. The minimum absolute atomic E-state index is 0.0181. The predicted molar refractivity (Wildman–Crippen MR) is 130 cm³/mol. The molecule has 160 valence electrons. The molecule has 0 radical (unpaired) electrons. The summed E-state index contributed by atoms with van der Waals surface area (Å²) in [6.07, 6.45) is 1.81. The number of fused-ring (bicyclic) bond motifs is 2. The maximum atomic E-state index is 12.5. The number of amides is 1. The lowest BCUT2D eigenvalue weighted by molar-refractivity contribution is -0.120. The molecular weight excluding hydrogens is 416 g/mol. The van der Waals surface area contributed by atoms with Crippen LogP contribution in [0.25, 0.3) is 21.8 Å². The van der Waals surface area contributed by atoms with E-state index < -0.39 is 0 Å². The summed E-state index contributed by atoms with van der Waals surface area (Å²) in [6, 6.07) is 22.7. The lowest BCUT2D eigenvalue weighted by Crippen LogP contribution is -2.27. The summed E-state index contributed by atoms with van der Waals surface area (Å²) in [6.45, 7) is 2.54. The molecule has 0 aliphatic carbocycles. The van der Waals surface area contributed by atoms with Gasteiger partial charge in [-0.1, -0.05) is 54.6 Å². The Morgan fingerprint density at radius 1 is 1.00 bits per heavy atom. The van der Waals surface area contributed by atoms with Crippen LogP contribution in [-0.4, -0.2) is 27.4 Å². The summed E-state index contributed by atoms with van der Waals surface area (Å²) in [5.74, 6) is 0.905. The topological polar surface area (TPSA) is 70.7 Å². The van der Waals surface area contributed by atoms with E-state index in [1.807, 2.05) is 31.2 Å². The van der Waals surface area contributed by atoms with Gasteiger partial charge in [-0.05, 0) is 35.4 Å². The molecule has 0 aliphatic rings. The van der Waals surface area contributed by atoms with Crippen molar-refractivity contribution < 1.29 is 4.79 Å². The Kier molecular flexibility index (Phi) is 5.69. The standard InChI is InChI=1S/C26H24N4OS/c1-17-23(16-25(31)27-14-13-24-29-21-11-4-5-12-22(21)30-24)32-26(28-17)15-19-9-6-8-18-7-2-3-10-20(18)19/h2-12H,13-16H2,1H3,(H,27,31)(H,29,30). The fourth-order valence-electron chi connectivity index (χ4n) is 3.99. The number of aromatic amines is 1. The van der Waals surface area contributed by atoms with Crippen molar-refractivity contribution >= 4 is 39.0 Å². The molecule has 2 heterocycles. The average Bonchev–Trinajstić information content (AvgIpc) is 3.36. The quantitative estimate of drug-likeness (QED) is 0.375. The van der Waals surface area contributed by atoms with Crippen LogP contribution in [0.4, 0.5) is 0 Å². The van der Waals surface area contributed by atoms with E-state index in [4.69, 9.17) is 4.98 Å². The number of hydrogen-bond acceptors (Lipinski definition) is 4. The molecule has 6 heteroatoms. The van der Waals surface area contributed by atoms with E-state index in [2.05, 4.69) is 57.7 Å². The highest BCUT2D eigenvalue weighted by atomic mass is 32.1. The second kappa shape index (κ2) is 8.93. The van der Waals surface area contributed by atoms with Crippen molar-refractivity contribution in [3.05, 3.63) is 93.7 Å². The molecule has 2 aromatic heterocycles. The van der Waals surface area contributed by atoms with Crippen LogP contribution in [-0.2, 0) is 24.1 Å². The fourth-order valence-corrected chi connectivity index (χ4v) is 5.08. The lowest BCUT2D eigenvalue weighted by atomic mass is 10.0. The van der Waals surface area contributed by atoms with Crippen molar-refractivity contribution in [1.82, 2.24) is 20.3 Å². The van der Waals surface area contributed by atoms with E-state index in [9.17, 15) is 4.79 Å². The monoisotopic (exact) mass is 440 g/mol. The maximum Gasteiger partial charge on any atom is 0.225 e. The van der Waals surface area contributed by atoms with Gasteiger partial charge in [-0.15, -0.1) is 11.3 Å². The number of aryl methyl sites for hydroxylation is 1. The number of H-pyrrole nitrogens is 1. The number of imidazole rings is 1. The molecule has 0 saturated carbocycles. The zero-order valence-corrected chi connectivity index (χ0v) is 18.7. The van der Waals surface area contributed by atoms with E-state index in [-0.39, 0.29) is 5.91 Å². The number of nitrogens with zero attached hydrogens (tertiary/aromatic N) is 2. The number of aromatic nitrogens is 3. The Balaban J connectivity index is 1.19. The van der Waals surface area contributed by atoms with Crippen molar-refractivity contribution in [2.45, 2.75) is 26.2 Å². The molecule has 32 heavy (non-hydrogen) atoms. The van der Waals surface area contributed by atoms with Crippen LogP contribution in [0.15, 0.2) is 66.7 Å². The highest BCUT2D eigenvalue weighted by Gasteiger charge is 2.13. The van der Waals surface area contributed by atoms with Crippen molar-refractivity contribution in [3.63, 3.8) is 0 Å². The fraction of sp³-hybridized carbons (Fsp3) is 0.192. The number of nitrogens with one attached hydrogen (secondary N) is 2. The summed E-state index contributed by atoms with van der Waals surface area (Å²) in [4.78, 5) is 26.1. The number of hydrogen-bond donors (Lipinski definition) is 2. The van der Waals surface area contributed by atoms with E-state index in [0.29, 0.717) is 19.4 Å². The van der Waals surface area contributed by atoms with Crippen molar-refractivity contribution in [2.75, 3.05) is 6.54 Å². The summed E-state index contributed by atoms with van der Waals surface area (Å²) in [5.41, 5.74) is 4.18. The number of thiazole rings is 1. The number of rotatable bonds is 7. The van der Waals surface area contributed by atoms with Gasteiger partial charge in [0.15, 0.2) is 0 Å². The number of carbonyl (C=O) groups excluding carboxylic acids is 1.